The maximum absolute atomic E-state index is 13.6. The van der Waals surface area contributed by atoms with Crippen LogP contribution < -0.4 is 0 Å². The van der Waals surface area contributed by atoms with Crippen molar-refractivity contribution in [1.82, 2.24) is 24.9 Å². The molecular formula is C24H25N5O. The normalized spacial score (nSPS) is 14.6. The van der Waals surface area contributed by atoms with Gasteiger partial charge in [0.2, 0.25) is 0 Å². The lowest BCUT2D eigenvalue weighted by Crippen LogP contribution is -2.38. The molecule has 2 aromatic carbocycles. The Hall–Kier alpha value is -3.28. The number of fused-ring (bicyclic) bond motifs is 3. The van der Waals surface area contributed by atoms with Crippen LogP contribution in [0.1, 0.15) is 52.7 Å². The first kappa shape index (κ1) is 18.7. The molecule has 5 rings (SSSR count). The van der Waals surface area contributed by atoms with Gasteiger partial charge in [0.1, 0.15) is 0 Å². The van der Waals surface area contributed by atoms with Crippen molar-refractivity contribution < 1.29 is 4.79 Å². The van der Waals surface area contributed by atoms with Gasteiger partial charge in [-0.1, -0.05) is 42.7 Å². The number of tetrazole rings is 1. The molecule has 1 aliphatic carbocycles. The van der Waals surface area contributed by atoms with Gasteiger partial charge >= 0.3 is 0 Å². The van der Waals surface area contributed by atoms with Gasteiger partial charge in [-0.25, -0.2) is 0 Å². The maximum atomic E-state index is 13.6. The number of rotatable bonds is 4. The van der Waals surface area contributed by atoms with Gasteiger partial charge in [0.15, 0.2) is 5.65 Å². The molecule has 1 aliphatic rings. The molecule has 0 bridgehead atoms. The zero-order valence-corrected chi connectivity index (χ0v) is 17.4. The van der Waals surface area contributed by atoms with Gasteiger partial charge in [-0.2, -0.15) is 4.52 Å². The molecule has 0 aliphatic heterocycles. The predicted octanol–water partition coefficient (Wildman–Crippen LogP) is 4.48. The third kappa shape index (κ3) is 3.22. The molecule has 0 atom stereocenters. The number of nitrogens with zero attached hydrogens (tertiary/aromatic N) is 5. The molecule has 6 heteroatoms. The molecule has 0 unspecified atom stereocenters. The number of amides is 1. The van der Waals surface area contributed by atoms with Crippen molar-refractivity contribution in [3.05, 3.63) is 70.8 Å². The number of aromatic nitrogens is 4. The van der Waals surface area contributed by atoms with Gasteiger partial charge in [0, 0.05) is 22.6 Å². The van der Waals surface area contributed by atoms with Crippen molar-refractivity contribution in [2.24, 2.45) is 0 Å². The minimum Gasteiger partial charge on any atom is -0.331 e. The Labute approximate surface area is 175 Å². The molecule has 2 aromatic heterocycles. The summed E-state index contributed by atoms with van der Waals surface area (Å²) in [6, 6.07) is 16.5. The fourth-order valence-electron chi connectivity index (χ4n) is 4.63. The van der Waals surface area contributed by atoms with E-state index < -0.39 is 0 Å². The van der Waals surface area contributed by atoms with Gasteiger partial charge in [-0.05, 0) is 66.9 Å². The van der Waals surface area contributed by atoms with E-state index in [-0.39, 0.29) is 11.9 Å². The lowest BCUT2D eigenvalue weighted by atomic mass is 10.0. The summed E-state index contributed by atoms with van der Waals surface area (Å²) in [6.07, 6.45) is 4.43. The lowest BCUT2D eigenvalue weighted by Gasteiger charge is -2.30. The highest BCUT2D eigenvalue weighted by molar-refractivity contribution is 5.96. The van der Waals surface area contributed by atoms with Crippen LogP contribution in [0.15, 0.2) is 48.5 Å². The third-order valence-corrected chi connectivity index (χ3v) is 6.24. The quantitative estimate of drug-likeness (QED) is 0.508. The standard InChI is InChI=1S/C24H25N5O/c1-16-11-12-22-18(13-16)14-19(23-25-26-27-29(22)23)15-28(20-8-4-5-9-20)24(30)21-10-6-3-7-17(21)2/h3,6-7,10-14,20H,4-5,8-9,15H2,1-2H3. The van der Waals surface area contributed by atoms with E-state index in [2.05, 4.69) is 40.6 Å². The summed E-state index contributed by atoms with van der Waals surface area (Å²) in [6.45, 7) is 4.58. The second-order valence-electron chi connectivity index (χ2n) is 8.33. The van der Waals surface area contributed by atoms with Crippen LogP contribution in [0.25, 0.3) is 16.6 Å². The lowest BCUT2D eigenvalue weighted by molar-refractivity contribution is 0.0664. The molecule has 4 aromatic rings. The summed E-state index contributed by atoms with van der Waals surface area (Å²) in [5, 5.41) is 13.5. The Morgan fingerprint density at radius 3 is 2.70 bits per heavy atom. The van der Waals surface area contributed by atoms with Crippen LogP contribution in [0, 0.1) is 13.8 Å². The average Bonchev–Trinajstić information content (AvgIpc) is 3.44. The van der Waals surface area contributed by atoms with Crippen LogP contribution in [0.5, 0.6) is 0 Å². The molecule has 2 heterocycles. The summed E-state index contributed by atoms with van der Waals surface area (Å²) in [4.78, 5) is 15.7. The Kier molecular flexibility index (Phi) is 4.69. The van der Waals surface area contributed by atoms with E-state index >= 15 is 0 Å². The third-order valence-electron chi connectivity index (χ3n) is 6.24. The Morgan fingerprint density at radius 1 is 1.10 bits per heavy atom. The van der Waals surface area contributed by atoms with Crippen LogP contribution in [0.2, 0.25) is 0 Å². The van der Waals surface area contributed by atoms with E-state index in [4.69, 9.17) is 0 Å². The van der Waals surface area contributed by atoms with Gasteiger partial charge in [0.25, 0.3) is 5.91 Å². The number of carbonyl (C=O) groups excluding carboxylic acids is 1. The highest BCUT2D eigenvalue weighted by Crippen LogP contribution is 2.29. The minimum atomic E-state index is 0.0926. The molecule has 0 saturated heterocycles. The molecule has 6 nitrogen and oxygen atoms in total. The number of aryl methyl sites for hydroxylation is 2. The van der Waals surface area contributed by atoms with E-state index in [9.17, 15) is 4.79 Å². The van der Waals surface area contributed by atoms with Crippen molar-refractivity contribution in [2.75, 3.05) is 0 Å². The van der Waals surface area contributed by atoms with Crippen LogP contribution in [-0.4, -0.2) is 36.9 Å². The van der Waals surface area contributed by atoms with Gasteiger partial charge in [0.05, 0.1) is 12.1 Å². The minimum absolute atomic E-state index is 0.0926. The van der Waals surface area contributed by atoms with E-state index in [1.54, 1.807) is 4.52 Å². The Balaban J connectivity index is 1.61. The van der Waals surface area contributed by atoms with Crippen LogP contribution in [-0.2, 0) is 6.54 Å². The molecule has 0 N–H and O–H groups in total. The van der Waals surface area contributed by atoms with Crippen molar-refractivity contribution >= 4 is 22.5 Å². The van der Waals surface area contributed by atoms with Crippen molar-refractivity contribution in [2.45, 2.75) is 52.1 Å². The van der Waals surface area contributed by atoms with Gasteiger partial charge in [-0.15, -0.1) is 5.10 Å². The topological polar surface area (TPSA) is 63.4 Å². The molecule has 0 spiro atoms. The van der Waals surface area contributed by atoms with Crippen LogP contribution >= 0.6 is 0 Å². The molecular weight excluding hydrogens is 374 g/mol. The predicted molar refractivity (Wildman–Crippen MR) is 116 cm³/mol. The fraction of sp³-hybridized carbons (Fsp3) is 0.333. The molecule has 0 radical (unpaired) electrons. The summed E-state index contributed by atoms with van der Waals surface area (Å²) in [5.74, 6) is 0.0926. The number of benzene rings is 2. The monoisotopic (exact) mass is 399 g/mol. The highest BCUT2D eigenvalue weighted by atomic mass is 16.2. The van der Waals surface area contributed by atoms with Crippen LogP contribution in [0.4, 0.5) is 0 Å². The summed E-state index contributed by atoms with van der Waals surface area (Å²) >= 11 is 0. The second-order valence-corrected chi connectivity index (χ2v) is 8.33. The summed E-state index contributed by atoms with van der Waals surface area (Å²) < 4.78 is 1.79. The zero-order chi connectivity index (χ0) is 20.7. The fourth-order valence-corrected chi connectivity index (χ4v) is 4.63. The number of hydrogen-bond acceptors (Lipinski definition) is 4. The first-order valence-electron chi connectivity index (χ1n) is 10.6. The molecule has 1 fully saturated rings. The summed E-state index contributed by atoms with van der Waals surface area (Å²) in [5.41, 5.74) is 5.64. The molecule has 152 valence electrons. The van der Waals surface area contributed by atoms with Crippen molar-refractivity contribution in [3.63, 3.8) is 0 Å². The van der Waals surface area contributed by atoms with Gasteiger partial charge < -0.3 is 4.90 Å². The van der Waals surface area contributed by atoms with Gasteiger partial charge in [-0.3, -0.25) is 4.79 Å². The average molecular weight is 399 g/mol. The van der Waals surface area contributed by atoms with Crippen molar-refractivity contribution in [1.29, 1.82) is 0 Å². The first-order chi connectivity index (χ1) is 14.6. The first-order valence-corrected chi connectivity index (χ1v) is 10.6. The molecule has 1 saturated carbocycles. The molecule has 30 heavy (non-hydrogen) atoms. The number of carbonyl (C=O) groups is 1. The zero-order valence-electron chi connectivity index (χ0n) is 17.4. The second kappa shape index (κ2) is 7.52. The van der Waals surface area contributed by atoms with Crippen LogP contribution in [0.3, 0.4) is 0 Å². The SMILES string of the molecule is Cc1ccc2c(c1)cc(CN(C(=O)c1ccccc1C)C1CCCC1)c1nnnn12. The Bertz CT molecular complexity index is 1240. The highest BCUT2D eigenvalue weighted by Gasteiger charge is 2.29. The maximum Gasteiger partial charge on any atom is 0.254 e. The summed E-state index contributed by atoms with van der Waals surface area (Å²) in [7, 11) is 0. The largest absolute Gasteiger partial charge is 0.331 e. The number of pyridine rings is 1. The van der Waals surface area contributed by atoms with Crippen molar-refractivity contribution in [3.8, 4) is 0 Å². The van der Waals surface area contributed by atoms with E-state index in [0.29, 0.717) is 12.2 Å². The number of hydrogen-bond donors (Lipinski definition) is 0. The Morgan fingerprint density at radius 2 is 1.90 bits per heavy atom. The molecule has 1 amide bonds. The van der Waals surface area contributed by atoms with E-state index in [1.165, 1.54) is 18.4 Å². The smallest absolute Gasteiger partial charge is 0.254 e. The van der Waals surface area contributed by atoms with E-state index in [0.717, 1.165) is 40.4 Å². The van der Waals surface area contributed by atoms with E-state index in [1.807, 2.05) is 42.2 Å².